The average Bonchev–Trinajstić information content (AvgIpc) is 3.76. The molecule has 300 valence electrons. The summed E-state index contributed by atoms with van der Waals surface area (Å²) in [5.41, 5.74) is 10.4. The maximum absolute atomic E-state index is 12.5. The first-order chi connectivity index (χ1) is 24.7. The highest BCUT2D eigenvalue weighted by Crippen LogP contribution is 2.63. The van der Waals surface area contributed by atoms with Crippen LogP contribution in [0.25, 0.3) is 22.1 Å². The number of phosphoric ester groups is 2. The van der Waals surface area contributed by atoms with Gasteiger partial charge >= 0.3 is 0 Å². The summed E-state index contributed by atoms with van der Waals surface area (Å²) in [5.74, 6) is -0.530. The van der Waals surface area contributed by atoms with E-state index >= 15 is 0 Å². The Morgan fingerprint density at radius 2 is 1.37 bits per heavy atom. The highest BCUT2D eigenvalue weighted by atomic mass is 31.3. The molecule has 54 heavy (non-hydrogen) atoms. The van der Waals surface area contributed by atoms with Crippen LogP contribution in [0.15, 0.2) is 28.0 Å². The van der Waals surface area contributed by atoms with E-state index < -0.39 is 96.9 Å². The van der Waals surface area contributed by atoms with Gasteiger partial charge in [0.05, 0.1) is 24.0 Å². The topological polar surface area (TPSA) is 399 Å². The molecule has 2 aliphatic heterocycles. The van der Waals surface area contributed by atoms with Gasteiger partial charge < -0.3 is 73.9 Å². The van der Waals surface area contributed by atoms with Crippen molar-refractivity contribution in [1.29, 1.82) is 0 Å². The number of H-pyrrole nitrogens is 2. The van der Waals surface area contributed by atoms with Crippen molar-refractivity contribution in [3.05, 3.63) is 44.7 Å². The van der Waals surface area contributed by atoms with Crippen LogP contribution in [0, 0.1) is 6.92 Å². The summed E-state index contributed by atoms with van der Waals surface area (Å²) in [6.07, 6.45) is -9.64. The highest BCUT2D eigenvalue weighted by Gasteiger charge is 2.47. The SMILES string of the molecule is C.COC1C(O)[C@H](n2cc(C)c3c(=O)[nH]c(N)nc32)O[C@@H]1COP(=O)([O-])OP(=O)([O-])OP(=O)([O-])OC[C@H]1O[C@@H](n2ccc3c(=O)[nH]c(N)nc32)[C@@H](O)C1O. The van der Waals surface area contributed by atoms with Gasteiger partial charge in [0, 0.05) is 19.5 Å². The molecule has 6 heterocycles. The number of methoxy groups -OCH3 is 1. The lowest BCUT2D eigenvalue weighted by Gasteiger charge is -2.35. The van der Waals surface area contributed by atoms with Gasteiger partial charge in [-0.1, -0.05) is 7.43 Å². The molecule has 26 nitrogen and oxygen atoms in total. The van der Waals surface area contributed by atoms with Crippen LogP contribution in [0.3, 0.4) is 0 Å². The minimum Gasteiger partial charge on any atom is -0.756 e. The number of ether oxygens (including phenoxy) is 3. The van der Waals surface area contributed by atoms with Crippen molar-refractivity contribution in [3.8, 4) is 0 Å². The number of aryl methyl sites for hydroxylation is 1. The van der Waals surface area contributed by atoms with E-state index in [9.17, 15) is 53.3 Å². The lowest BCUT2D eigenvalue weighted by molar-refractivity contribution is -0.252. The summed E-state index contributed by atoms with van der Waals surface area (Å²) in [5, 5.41) is 32.0. The molecular formula is C25H34N8O18P3-3. The van der Waals surface area contributed by atoms with Gasteiger partial charge in [0.1, 0.15) is 36.6 Å². The van der Waals surface area contributed by atoms with Crippen molar-refractivity contribution in [2.24, 2.45) is 0 Å². The number of aliphatic hydroxyl groups excluding tert-OH is 3. The maximum atomic E-state index is 12.5. The summed E-state index contributed by atoms with van der Waals surface area (Å²) in [6, 6.07) is 1.30. The van der Waals surface area contributed by atoms with Gasteiger partial charge in [-0.2, -0.15) is 9.97 Å². The predicted molar refractivity (Wildman–Crippen MR) is 175 cm³/mol. The molecular weight excluding hydrogens is 793 g/mol. The van der Waals surface area contributed by atoms with Gasteiger partial charge in [0.2, 0.25) is 11.9 Å². The molecule has 6 rings (SSSR count). The van der Waals surface area contributed by atoms with Crippen molar-refractivity contribution in [1.82, 2.24) is 29.1 Å². The first-order valence-electron chi connectivity index (χ1n) is 15.0. The van der Waals surface area contributed by atoms with E-state index in [2.05, 4.69) is 37.6 Å². The Balaban J connectivity index is 0.00000561. The minimum absolute atomic E-state index is 0. The van der Waals surface area contributed by atoms with Crippen LogP contribution in [0.2, 0.25) is 0 Å². The van der Waals surface area contributed by atoms with Crippen molar-refractivity contribution < 1.29 is 75.6 Å². The number of nitrogens with two attached hydrogens (primary N) is 2. The number of fused-ring (bicyclic) bond motifs is 2. The second-order valence-electron chi connectivity index (χ2n) is 11.7. The zero-order valence-corrected chi connectivity index (χ0v) is 29.7. The third-order valence-electron chi connectivity index (χ3n) is 8.15. The van der Waals surface area contributed by atoms with Crippen molar-refractivity contribution >= 4 is 57.4 Å². The standard InChI is InChI=1S/C24H33N8O18P3.CH4/c1-8-5-32(18-12(8)20(37)30-24(26)28-18)22-15(35)16(44-2)11(48-22)7-46-52(40,41)50-53(42,43)49-51(38,39)45-6-10-13(33)14(34)21(47-10)31-4-3-9-17(31)27-23(25)29-19(9)36;/h3-5,10-11,13-16,21-22,33-35H,6-7H2,1-2H3,(H,38,39)(H,40,41)(H,42,43)(H3,25,27,29,36)(H3,26,28,30,37);1H4/p-3/t10-,11-,13?,14+,15?,16?,21-,22-;/m1./s1. The van der Waals surface area contributed by atoms with Crippen molar-refractivity contribution in [2.75, 3.05) is 31.8 Å². The molecule has 4 aromatic rings. The Bertz CT molecular complexity index is 2300. The first kappa shape index (κ1) is 41.8. The number of hydrogen-bond acceptors (Lipinski definition) is 22. The normalized spacial score (nSPS) is 29.2. The van der Waals surface area contributed by atoms with Crippen LogP contribution >= 0.6 is 23.5 Å². The van der Waals surface area contributed by atoms with Crippen LogP contribution < -0.4 is 37.3 Å². The summed E-state index contributed by atoms with van der Waals surface area (Å²) in [4.78, 5) is 74.2. The Morgan fingerprint density at radius 1 is 0.833 bits per heavy atom. The number of nitrogen functional groups attached to an aromatic ring is 2. The Labute approximate surface area is 302 Å². The monoisotopic (exact) mass is 827 g/mol. The molecule has 0 amide bonds. The van der Waals surface area contributed by atoms with E-state index in [-0.39, 0.29) is 41.4 Å². The molecule has 11 atom stereocenters. The Kier molecular flexibility index (Phi) is 11.8. The number of nitrogens with one attached hydrogen (secondary N) is 2. The molecule has 2 aliphatic rings. The zero-order valence-electron chi connectivity index (χ0n) is 27.0. The summed E-state index contributed by atoms with van der Waals surface area (Å²) >= 11 is 0. The van der Waals surface area contributed by atoms with Crippen LogP contribution in [-0.2, 0) is 45.6 Å². The molecule has 0 saturated carbocycles. The molecule has 4 aromatic heterocycles. The number of aromatic nitrogens is 6. The third kappa shape index (κ3) is 8.24. The summed E-state index contributed by atoms with van der Waals surface area (Å²) in [6.45, 7) is -0.635. The minimum atomic E-state index is -6.34. The van der Waals surface area contributed by atoms with E-state index in [1.807, 2.05) is 0 Å². The van der Waals surface area contributed by atoms with Gasteiger partial charge in [-0.25, -0.2) is 8.62 Å². The van der Waals surface area contributed by atoms with Crippen LogP contribution in [0.5, 0.6) is 0 Å². The smallest absolute Gasteiger partial charge is 0.280 e. The molecule has 0 aromatic carbocycles. The Morgan fingerprint density at radius 3 is 1.98 bits per heavy atom. The number of nitrogens with zero attached hydrogens (tertiary/aromatic N) is 4. The van der Waals surface area contributed by atoms with Gasteiger partial charge in [0.25, 0.3) is 34.6 Å². The molecule has 29 heteroatoms. The number of aromatic amines is 2. The second kappa shape index (κ2) is 15.3. The van der Waals surface area contributed by atoms with E-state index in [0.717, 1.165) is 11.7 Å². The fourth-order valence-corrected chi connectivity index (χ4v) is 9.31. The highest BCUT2D eigenvalue weighted by molar-refractivity contribution is 7.65. The fourth-order valence-electron chi connectivity index (χ4n) is 5.92. The predicted octanol–water partition coefficient (Wildman–Crippen LogP) is -3.06. The molecule has 9 N–H and O–H groups in total. The number of hydrogen-bond donors (Lipinski definition) is 7. The fraction of sp³-hybridized carbons (Fsp3) is 0.520. The lowest BCUT2D eigenvalue weighted by atomic mass is 10.1. The number of anilines is 2. The van der Waals surface area contributed by atoms with Gasteiger partial charge in [0.15, 0.2) is 23.8 Å². The maximum Gasteiger partial charge on any atom is 0.280 e. The number of rotatable bonds is 13. The van der Waals surface area contributed by atoms with Crippen molar-refractivity contribution in [3.63, 3.8) is 0 Å². The largest absolute Gasteiger partial charge is 0.756 e. The molecule has 6 unspecified atom stereocenters. The van der Waals surface area contributed by atoms with Gasteiger partial charge in [-0.3, -0.25) is 33.3 Å². The summed E-state index contributed by atoms with van der Waals surface area (Å²) < 4.78 is 72.6. The number of aliphatic hydroxyl groups is 3. The lowest BCUT2D eigenvalue weighted by Crippen LogP contribution is -2.36. The van der Waals surface area contributed by atoms with E-state index in [1.165, 1.54) is 23.0 Å². The van der Waals surface area contributed by atoms with Crippen LogP contribution in [-0.4, -0.2) is 101 Å². The van der Waals surface area contributed by atoms with Gasteiger partial charge in [-0.05, 0) is 18.6 Å². The van der Waals surface area contributed by atoms with Crippen molar-refractivity contribution in [2.45, 2.75) is 63.4 Å². The van der Waals surface area contributed by atoms with Gasteiger partial charge in [-0.15, -0.1) is 0 Å². The van der Waals surface area contributed by atoms with Crippen LogP contribution in [0.1, 0.15) is 25.4 Å². The van der Waals surface area contributed by atoms with E-state index in [4.69, 9.17) is 25.7 Å². The second-order valence-corrected chi connectivity index (χ2v) is 16.2. The summed E-state index contributed by atoms with van der Waals surface area (Å²) in [7, 11) is -17.2. The molecule has 0 radical (unpaired) electrons. The average molecular weight is 828 g/mol. The Hall–Kier alpha value is -3.39. The molecule has 0 bridgehead atoms. The van der Waals surface area contributed by atoms with E-state index in [1.54, 1.807) is 6.92 Å². The molecule has 0 spiro atoms. The zero-order chi connectivity index (χ0) is 38.8. The third-order valence-corrected chi connectivity index (χ3v) is 12.3. The molecule has 2 saturated heterocycles. The number of phosphoric acid groups is 3. The first-order valence-corrected chi connectivity index (χ1v) is 19.3. The van der Waals surface area contributed by atoms with E-state index in [0.29, 0.717) is 5.56 Å². The van der Waals surface area contributed by atoms with Crippen LogP contribution in [0.4, 0.5) is 11.9 Å². The quantitative estimate of drug-likeness (QED) is 0.0658. The molecule has 0 aliphatic carbocycles. The molecule has 2 fully saturated rings.